The van der Waals surface area contributed by atoms with Crippen molar-refractivity contribution in [1.29, 1.82) is 0 Å². The third-order valence-electron chi connectivity index (χ3n) is 5.09. The molecule has 0 saturated carbocycles. The van der Waals surface area contributed by atoms with Crippen molar-refractivity contribution >= 4 is 15.7 Å². The van der Waals surface area contributed by atoms with Crippen LogP contribution in [0.15, 0.2) is 41.3 Å². The van der Waals surface area contributed by atoms with Gasteiger partial charge in [-0.25, -0.2) is 8.42 Å². The third kappa shape index (κ3) is 5.52. The summed E-state index contributed by atoms with van der Waals surface area (Å²) in [4.78, 5) is 14.2. The van der Waals surface area contributed by atoms with Gasteiger partial charge in [0.2, 0.25) is 0 Å². The first-order valence-electron chi connectivity index (χ1n) is 9.98. The van der Waals surface area contributed by atoms with Crippen LogP contribution >= 0.6 is 0 Å². The van der Waals surface area contributed by atoms with E-state index in [2.05, 4.69) is 0 Å². The highest BCUT2D eigenvalue weighted by Crippen LogP contribution is 2.38. The molecule has 2 aromatic carbocycles. The Labute approximate surface area is 190 Å². The lowest BCUT2D eigenvalue weighted by Gasteiger charge is -2.39. The van der Waals surface area contributed by atoms with Crippen molar-refractivity contribution in [3.05, 3.63) is 47.5 Å². The summed E-state index contributed by atoms with van der Waals surface area (Å²) in [5.41, 5.74) is 0.619. The molecule has 0 radical (unpaired) electrons. The number of alkyl halides is 3. The van der Waals surface area contributed by atoms with Crippen molar-refractivity contribution in [2.45, 2.75) is 37.1 Å². The van der Waals surface area contributed by atoms with E-state index in [1.165, 1.54) is 4.90 Å². The second-order valence-corrected chi connectivity index (χ2v) is 9.79. The van der Waals surface area contributed by atoms with Crippen LogP contribution in [0.2, 0.25) is 0 Å². The van der Waals surface area contributed by atoms with Crippen molar-refractivity contribution in [3.8, 4) is 17.2 Å². The third-order valence-corrected chi connectivity index (χ3v) is 6.21. The van der Waals surface area contributed by atoms with Crippen LogP contribution in [0.4, 0.5) is 13.2 Å². The maximum atomic E-state index is 13.2. The Hall–Kier alpha value is -2.95. The number of carbonyl (C=O) groups is 1. The molecule has 1 saturated heterocycles. The SMILES string of the molecule is COc1c(S(C)(=O)=O)ccc(O[C@@H](C)C(F)(F)F)c1C(=O)N1CC(Oc2cccc(C)c2)C1. The maximum absolute atomic E-state index is 13.2. The smallest absolute Gasteiger partial charge is 0.425 e. The van der Waals surface area contributed by atoms with E-state index in [9.17, 15) is 26.4 Å². The van der Waals surface area contributed by atoms with E-state index in [1.807, 2.05) is 25.1 Å². The minimum atomic E-state index is -4.69. The molecule has 0 bridgehead atoms. The number of sulfone groups is 1. The van der Waals surface area contributed by atoms with Crippen molar-refractivity contribution in [2.24, 2.45) is 0 Å². The molecule has 0 unspecified atom stereocenters. The maximum Gasteiger partial charge on any atom is 0.425 e. The number of ether oxygens (including phenoxy) is 3. The van der Waals surface area contributed by atoms with Crippen LogP contribution in [0.1, 0.15) is 22.8 Å². The van der Waals surface area contributed by atoms with E-state index < -0.39 is 33.8 Å². The van der Waals surface area contributed by atoms with Crippen LogP contribution in [0.5, 0.6) is 17.2 Å². The van der Waals surface area contributed by atoms with Crippen LogP contribution in [0.25, 0.3) is 0 Å². The minimum Gasteiger partial charge on any atom is -0.494 e. The van der Waals surface area contributed by atoms with Gasteiger partial charge in [-0.2, -0.15) is 13.2 Å². The van der Waals surface area contributed by atoms with E-state index >= 15 is 0 Å². The number of amides is 1. The Morgan fingerprint density at radius 2 is 1.85 bits per heavy atom. The van der Waals surface area contributed by atoms with Crippen molar-refractivity contribution in [1.82, 2.24) is 4.90 Å². The normalized spacial score (nSPS) is 15.5. The van der Waals surface area contributed by atoms with Gasteiger partial charge in [-0.3, -0.25) is 4.79 Å². The predicted octanol–water partition coefficient (Wildman–Crippen LogP) is 3.64. The lowest BCUT2D eigenvalue weighted by Crippen LogP contribution is -2.56. The van der Waals surface area contributed by atoms with Gasteiger partial charge in [0.05, 0.1) is 20.2 Å². The van der Waals surface area contributed by atoms with Gasteiger partial charge in [0.1, 0.15) is 28.1 Å². The molecule has 7 nitrogen and oxygen atoms in total. The molecule has 11 heteroatoms. The zero-order valence-corrected chi connectivity index (χ0v) is 19.3. The van der Waals surface area contributed by atoms with Gasteiger partial charge in [0, 0.05) is 6.26 Å². The predicted molar refractivity (Wildman–Crippen MR) is 114 cm³/mol. The van der Waals surface area contributed by atoms with E-state index in [0.29, 0.717) is 5.75 Å². The summed E-state index contributed by atoms with van der Waals surface area (Å²) in [5.74, 6) is -0.868. The number of hydrogen-bond acceptors (Lipinski definition) is 6. The summed E-state index contributed by atoms with van der Waals surface area (Å²) in [6.07, 6.45) is -6.33. The lowest BCUT2D eigenvalue weighted by molar-refractivity contribution is -0.189. The van der Waals surface area contributed by atoms with Gasteiger partial charge in [-0.05, 0) is 43.7 Å². The van der Waals surface area contributed by atoms with E-state index in [0.717, 1.165) is 38.0 Å². The Morgan fingerprint density at radius 3 is 2.39 bits per heavy atom. The van der Waals surface area contributed by atoms with Crippen molar-refractivity contribution in [2.75, 3.05) is 26.5 Å². The molecule has 33 heavy (non-hydrogen) atoms. The van der Waals surface area contributed by atoms with Crippen LogP contribution in [0, 0.1) is 6.92 Å². The fourth-order valence-corrected chi connectivity index (χ4v) is 4.15. The summed E-state index contributed by atoms with van der Waals surface area (Å²) in [7, 11) is -2.71. The number of methoxy groups -OCH3 is 1. The van der Waals surface area contributed by atoms with E-state index in [-0.39, 0.29) is 35.4 Å². The standard InChI is InChI=1S/C22H24F3NO6S/c1-13-6-5-7-15(10-13)32-16-11-26(12-16)21(27)19-17(31-14(2)22(23,24)25)8-9-18(20(19)30-3)33(4,28)29/h5-10,14,16H,11-12H2,1-4H3/t14-/m0/s1. The van der Waals surface area contributed by atoms with Gasteiger partial charge < -0.3 is 19.1 Å². The molecule has 0 aliphatic carbocycles. The Morgan fingerprint density at radius 1 is 1.18 bits per heavy atom. The number of halogens is 3. The topological polar surface area (TPSA) is 82.1 Å². The fourth-order valence-electron chi connectivity index (χ4n) is 3.32. The number of benzene rings is 2. The molecular formula is C22H24F3NO6S. The second kappa shape index (κ2) is 9.12. The summed E-state index contributed by atoms with van der Waals surface area (Å²) in [6, 6.07) is 9.46. The summed E-state index contributed by atoms with van der Waals surface area (Å²) >= 11 is 0. The van der Waals surface area contributed by atoms with E-state index in [1.54, 1.807) is 6.07 Å². The summed E-state index contributed by atoms with van der Waals surface area (Å²) in [5, 5.41) is 0. The molecule has 1 aliphatic rings. The quantitative estimate of drug-likeness (QED) is 0.593. The molecule has 2 aromatic rings. The molecular weight excluding hydrogens is 463 g/mol. The molecule has 1 fully saturated rings. The number of carbonyl (C=O) groups excluding carboxylic acids is 1. The average Bonchev–Trinajstić information content (AvgIpc) is 2.67. The highest BCUT2D eigenvalue weighted by molar-refractivity contribution is 7.90. The molecule has 180 valence electrons. The van der Waals surface area contributed by atoms with Gasteiger partial charge in [0.25, 0.3) is 5.91 Å². The van der Waals surface area contributed by atoms with Gasteiger partial charge in [-0.15, -0.1) is 0 Å². The zero-order valence-electron chi connectivity index (χ0n) is 18.5. The largest absolute Gasteiger partial charge is 0.494 e. The average molecular weight is 487 g/mol. The first kappa shape index (κ1) is 24.7. The number of likely N-dealkylation sites (tertiary alicyclic amines) is 1. The number of hydrogen-bond donors (Lipinski definition) is 0. The molecule has 1 aliphatic heterocycles. The first-order chi connectivity index (χ1) is 15.3. The van der Waals surface area contributed by atoms with Crippen molar-refractivity contribution < 1.29 is 40.6 Å². The zero-order chi connectivity index (χ0) is 24.6. The number of aryl methyl sites for hydroxylation is 1. The highest BCUT2D eigenvalue weighted by Gasteiger charge is 2.41. The summed E-state index contributed by atoms with van der Waals surface area (Å²) < 4.78 is 79.6. The minimum absolute atomic E-state index is 0.160. The molecule has 3 rings (SSSR count). The van der Waals surface area contributed by atoms with Gasteiger partial charge in [-0.1, -0.05) is 12.1 Å². The monoisotopic (exact) mass is 487 g/mol. The molecule has 1 amide bonds. The van der Waals surface area contributed by atoms with Crippen LogP contribution in [-0.4, -0.2) is 64.1 Å². The fraction of sp³-hybridized carbons (Fsp3) is 0.409. The molecule has 0 aromatic heterocycles. The van der Waals surface area contributed by atoms with Gasteiger partial charge in [0.15, 0.2) is 21.7 Å². The number of rotatable bonds is 7. The van der Waals surface area contributed by atoms with Crippen LogP contribution in [0.3, 0.4) is 0 Å². The number of nitrogens with zero attached hydrogens (tertiary/aromatic N) is 1. The van der Waals surface area contributed by atoms with Crippen LogP contribution in [-0.2, 0) is 9.84 Å². The Bertz CT molecular complexity index is 1140. The summed E-state index contributed by atoms with van der Waals surface area (Å²) in [6.45, 7) is 3.02. The molecule has 1 atom stereocenters. The second-order valence-electron chi connectivity index (χ2n) is 7.81. The van der Waals surface area contributed by atoms with Crippen molar-refractivity contribution in [3.63, 3.8) is 0 Å². The Balaban J connectivity index is 1.90. The molecule has 0 N–H and O–H groups in total. The van der Waals surface area contributed by atoms with E-state index in [4.69, 9.17) is 14.2 Å². The first-order valence-corrected chi connectivity index (χ1v) is 11.9. The molecule has 1 heterocycles. The van der Waals surface area contributed by atoms with Gasteiger partial charge >= 0.3 is 6.18 Å². The van der Waals surface area contributed by atoms with Crippen LogP contribution < -0.4 is 14.2 Å². The lowest BCUT2D eigenvalue weighted by atomic mass is 10.1. The highest BCUT2D eigenvalue weighted by atomic mass is 32.2. The Kier molecular flexibility index (Phi) is 6.83. The molecule has 0 spiro atoms.